The summed E-state index contributed by atoms with van der Waals surface area (Å²) in [6, 6.07) is 17.9. The maximum atomic E-state index is 13.6. The van der Waals surface area contributed by atoms with E-state index in [9.17, 15) is 28.8 Å². The summed E-state index contributed by atoms with van der Waals surface area (Å²) in [5.41, 5.74) is 2.41. The lowest BCUT2D eigenvalue weighted by Crippen LogP contribution is -2.33. The molecule has 64 heavy (non-hydrogen) atoms. The van der Waals surface area contributed by atoms with Crippen LogP contribution in [0.15, 0.2) is 105 Å². The number of carbonyl (C=O) groups is 6. The molecule has 4 amide bonds. The normalized spacial score (nSPS) is 12.2. The summed E-state index contributed by atoms with van der Waals surface area (Å²) in [5, 5.41) is 27.9. The van der Waals surface area contributed by atoms with Gasteiger partial charge in [-0.05, 0) is 111 Å². The molecule has 0 aromatic heterocycles. The second-order valence-corrected chi connectivity index (χ2v) is 16.2. The molecule has 0 radical (unpaired) electrons. The molecule has 5 rings (SSSR count). The molecular weight excluding hydrogens is 949 g/mol. The average Bonchev–Trinajstić information content (AvgIpc) is 3.24. The van der Waals surface area contributed by atoms with Crippen molar-refractivity contribution in [1.82, 2.24) is 0 Å². The van der Waals surface area contributed by atoms with Crippen molar-refractivity contribution in [3.8, 4) is 0 Å². The summed E-state index contributed by atoms with van der Waals surface area (Å²) < 4.78 is 0. The number of para-hydroxylation sites is 2. The quantitative estimate of drug-likeness (QED) is 0.0560. The third kappa shape index (κ3) is 12.3. The maximum absolute atomic E-state index is 13.6. The van der Waals surface area contributed by atoms with Gasteiger partial charge in [-0.3, -0.25) is 28.8 Å². The molecule has 20 heteroatoms. The Morgan fingerprint density at radius 2 is 0.828 bits per heavy atom. The number of amides is 4. The van der Waals surface area contributed by atoms with Crippen molar-refractivity contribution in [3.05, 3.63) is 137 Å². The Morgan fingerprint density at radius 3 is 1.14 bits per heavy atom. The van der Waals surface area contributed by atoms with Gasteiger partial charge in [0.2, 0.25) is 12.1 Å². The van der Waals surface area contributed by atoms with E-state index >= 15 is 0 Å². The fourth-order valence-electron chi connectivity index (χ4n) is 5.89. The smallest absolute Gasteiger partial charge is 0.258 e. The van der Waals surface area contributed by atoms with Gasteiger partial charge < -0.3 is 21.3 Å². The van der Waals surface area contributed by atoms with Crippen molar-refractivity contribution >= 4 is 139 Å². The van der Waals surface area contributed by atoms with Crippen LogP contribution in [0.25, 0.3) is 0 Å². The average molecular weight is 986 g/mol. The van der Waals surface area contributed by atoms with Gasteiger partial charge in [-0.2, -0.15) is 20.5 Å². The zero-order chi connectivity index (χ0) is 46.8. The summed E-state index contributed by atoms with van der Waals surface area (Å²) >= 11 is 37.4. The van der Waals surface area contributed by atoms with E-state index < -0.39 is 47.3 Å². The lowest BCUT2D eigenvalue weighted by atomic mass is 10.0. The summed E-state index contributed by atoms with van der Waals surface area (Å²) in [6.07, 6.45) is 0.740. The molecule has 0 heterocycles. The van der Waals surface area contributed by atoms with Crippen molar-refractivity contribution in [2.75, 3.05) is 21.3 Å². The molecule has 5 aromatic carbocycles. The van der Waals surface area contributed by atoms with Gasteiger partial charge in [0.15, 0.2) is 11.6 Å². The van der Waals surface area contributed by atoms with Crippen molar-refractivity contribution in [3.63, 3.8) is 0 Å². The van der Waals surface area contributed by atoms with Crippen molar-refractivity contribution in [1.29, 1.82) is 0 Å². The minimum Gasteiger partial charge on any atom is -0.323 e. The molecule has 0 aliphatic carbocycles. The van der Waals surface area contributed by atoms with Crippen LogP contribution in [-0.2, 0) is 32.0 Å². The van der Waals surface area contributed by atoms with E-state index in [1.54, 1.807) is 48.5 Å². The Balaban J connectivity index is 1.31. The van der Waals surface area contributed by atoms with Crippen LogP contribution in [-0.4, -0.2) is 47.3 Å². The van der Waals surface area contributed by atoms with Gasteiger partial charge in [0, 0.05) is 11.4 Å². The van der Waals surface area contributed by atoms with Gasteiger partial charge in [-0.25, -0.2) is 0 Å². The monoisotopic (exact) mass is 982 g/mol. The topological polar surface area (TPSA) is 200 Å². The Kier molecular flexibility index (Phi) is 17.1. The molecule has 14 nitrogen and oxygen atoms in total. The lowest BCUT2D eigenvalue weighted by Gasteiger charge is -2.18. The van der Waals surface area contributed by atoms with E-state index in [2.05, 4.69) is 41.7 Å². The van der Waals surface area contributed by atoms with Crippen LogP contribution in [0, 0.1) is 0 Å². The van der Waals surface area contributed by atoms with Crippen molar-refractivity contribution < 1.29 is 28.8 Å². The SMILES string of the molecule is CCc1cc(NC(=O)C(N=Nc2ccc(Cl)c(C(=O)Nc3c(Cl)cccc3Cl)c2)C(C)=O)c(CC)cc1NC(=O)C(N=Nc1ccc(Cl)c(C(=O)Nc2c(Cl)cccc2Cl)c1)C(C)=O. The number of nitrogens with one attached hydrogen (secondary N) is 4. The first-order valence-electron chi connectivity index (χ1n) is 19.1. The van der Waals surface area contributed by atoms with E-state index in [1.807, 2.05) is 13.8 Å². The summed E-state index contributed by atoms with van der Waals surface area (Å²) in [5.74, 6) is -4.12. The number of anilines is 4. The Hall–Kier alpha value is -5.74. The molecule has 330 valence electrons. The van der Waals surface area contributed by atoms with Crippen molar-refractivity contribution in [2.24, 2.45) is 20.5 Å². The van der Waals surface area contributed by atoms with E-state index in [1.165, 1.54) is 50.2 Å². The van der Waals surface area contributed by atoms with Crippen molar-refractivity contribution in [2.45, 2.75) is 52.6 Å². The number of hydrogen-bond acceptors (Lipinski definition) is 10. The molecule has 0 bridgehead atoms. The highest BCUT2D eigenvalue weighted by Gasteiger charge is 2.27. The second kappa shape index (κ2) is 22.2. The largest absolute Gasteiger partial charge is 0.323 e. The van der Waals surface area contributed by atoms with Gasteiger partial charge in [0.25, 0.3) is 23.6 Å². The molecule has 4 N–H and O–H groups in total. The van der Waals surface area contributed by atoms with Gasteiger partial charge in [-0.1, -0.05) is 95.6 Å². The molecule has 2 unspecified atom stereocenters. The lowest BCUT2D eigenvalue weighted by molar-refractivity contribution is -0.127. The van der Waals surface area contributed by atoms with E-state index in [-0.39, 0.29) is 64.0 Å². The molecule has 2 atom stereocenters. The zero-order valence-corrected chi connectivity index (χ0v) is 38.7. The third-order valence-corrected chi connectivity index (χ3v) is 11.2. The van der Waals surface area contributed by atoms with E-state index in [0.717, 1.165) is 0 Å². The van der Waals surface area contributed by atoms with Crippen LogP contribution in [0.2, 0.25) is 30.1 Å². The number of halogens is 6. The first-order valence-corrected chi connectivity index (χ1v) is 21.4. The Bertz CT molecular complexity index is 2520. The van der Waals surface area contributed by atoms with E-state index in [0.29, 0.717) is 35.3 Å². The molecule has 0 aliphatic heterocycles. The molecule has 0 saturated carbocycles. The first-order chi connectivity index (χ1) is 30.4. The number of aryl methyl sites for hydroxylation is 2. The predicted molar refractivity (Wildman–Crippen MR) is 252 cm³/mol. The number of carbonyl (C=O) groups excluding carboxylic acids is 6. The highest BCUT2D eigenvalue weighted by Crippen LogP contribution is 2.34. The number of hydrogen-bond donors (Lipinski definition) is 4. The fourth-order valence-corrected chi connectivity index (χ4v) is 7.28. The van der Waals surface area contributed by atoms with Crippen LogP contribution in [0.5, 0.6) is 0 Å². The number of nitrogens with zero attached hydrogens (tertiary/aromatic N) is 4. The predicted octanol–water partition coefficient (Wildman–Crippen LogP) is 12.6. The number of rotatable bonds is 16. The Labute approximate surface area is 397 Å². The van der Waals surface area contributed by atoms with E-state index in [4.69, 9.17) is 69.6 Å². The summed E-state index contributed by atoms with van der Waals surface area (Å²) in [7, 11) is 0. The highest BCUT2D eigenvalue weighted by molar-refractivity contribution is 6.41. The maximum Gasteiger partial charge on any atom is 0.258 e. The molecule has 5 aromatic rings. The minimum atomic E-state index is -1.59. The molecule has 0 spiro atoms. The zero-order valence-electron chi connectivity index (χ0n) is 34.2. The summed E-state index contributed by atoms with van der Waals surface area (Å²) in [6.45, 7) is 5.99. The minimum absolute atomic E-state index is 0.000969. The first kappa shape index (κ1) is 49.3. The summed E-state index contributed by atoms with van der Waals surface area (Å²) in [4.78, 5) is 78.8. The number of azo groups is 2. The third-order valence-electron chi connectivity index (χ3n) is 9.24. The van der Waals surface area contributed by atoms with Crippen LogP contribution < -0.4 is 21.3 Å². The number of Topliss-reactive ketones (excluding diaryl/α,β-unsaturated/α-hetero) is 2. The second-order valence-electron chi connectivity index (χ2n) is 13.7. The highest BCUT2D eigenvalue weighted by atomic mass is 35.5. The fraction of sp³-hybridized carbons (Fsp3) is 0.182. The van der Waals surface area contributed by atoms with Crippen LogP contribution in [0.4, 0.5) is 34.1 Å². The standard InChI is InChI=1S/C44H36Cl6N8O6/c1-5-23-17-36(52-44(64)38(22(4)60)58-56-26-14-16-30(46)28(20-26)42(62)54-40-33(49)11-8-12-34(40)50)24(6-2)18-35(23)51-43(63)37(21(3)59)57-55-25-13-15-29(45)27(19-25)41(61)53-39-31(47)9-7-10-32(39)48/h7-20,37-38H,5-6H2,1-4H3,(H,51,63)(H,52,64)(H,53,61)(H,54,62). The van der Waals surface area contributed by atoms with Crippen LogP contribution in [0.1, 0.15) is 59.5 Å². The molecular formula is C44H36Cl6N8O6. The van der Waals surface area contributed by atoms with Gasteiger partial charge in [0.1, 0.15) is 0 Å². The van der Waals surface area contributed by atoms with Gasteiger partial charge in [0.05, 0.1) is 64.0 Å². The van der Waals surface area contributed by atoms with Gasteiger partial charge in [-0.15, -0.1) is 0 Å². The Morgan fingerprint density at radius 1 is 0.484 bits per heavy atom. The molecule has 0 saturated heterocycles. The number of ketones is 2. The van der Waals surface area contributed by atoms with Crippen LogP contribution >= 0.6 is 69.6 Å². The molecule has 0 fully saturated rings. The van der Waals surface area contributed by atoms with Gasteiger partial charge >= 0.3 is 0 Å². The van der Waals surface area contributed by atoms with Crippen LogP contribution in [0.3, 0.4) is 0 Å². The number of benzene rings is 5. The molecule has 0 aliphatic rings.